The molecule has 4 rings (SSSR count). The van der Waals surface area contributed by atoms with Gasteiger partial charge in [0.1, 0.15) is 18.0 Å². The summed E-state index contributed by atoms with van der Waals surface area (Å²) in [6.45, 7) is 3.86. The van der Waals surface area contributed by atoms with Crippen LogP contribution in [-0.2, 0) is 48.1 Å². The Bertz CT molecular complexity index is 1470. The number of fused-ring (bicyclic) bond motifs is 3. The van der Waals surface area contributed by atoms with Crippen LogP contribution < -0.4 is 32.3 Å². The Morgan fingerprint density at radius 3 is 2.60 bits per heavy atom. The lowest BCUT2D eigenvalue weighted by Crippen LogP contribution is -2.53. The standard InChI is InChI=1S/C35H49N7O8/c1-23-17-26-22-42(21-23)32(45)9-8-30(43)37-12-10-28(34(47)38-13-16-49-15-11-36)40-31(44)18-24-5-2-3-6-25(24)20-39-35(48)29(41-33(26)46)19-27-7-4-14-50-27/h2-9,14,23,26,28-29,31,40,44H,10-13,15-22,36H2,1H3,(H,37,43)(H,38,47)(H,39,48)(H,41,46)/b9-8+/t23-,26+,28-,29-,31?/m0/s1. The number of nitrogens with two attached hydrogens (primary N) is 1. The van der Waals surface area contributed by atoms with Crippen molar-refractivity contribution >= 4 is 29.5 Å². The smallest absolute Gasteiger partial charge is 0.246 e. The highest BCUT2D eigenvalue weighted by molar-refractivity contribution is 5.97. The number of nitrogens with one attached hydrogen (secondary N) is 5. The van der Waals surface area contributed by atoms with Gasteiger partial charge < -0.3 is 46.2 Å². The second-order valence-corrected chi connectivity index (χ2v) is 12.7. The van der Waals surface area contributed by atoms with Crippen molar-refractivity contribution in [1.29, 1.82) is 0 Å². The number of carbonyl (C=O) groups is 5. The van der Waals surface area contributed by atoms with Crippen molar-refractivity contribution in [3.05, 3.63) is 71.7 Å². The molecule has 1 fully saturated rings. The average Bonchev–Trinajstić information content (AvgIpc) is 3.61. The fraction of sp³-hybridized carbons (Fsp3) is 0.514. The van der Waals surface area contributed by atoms with Crippen molar-refractivity contribution in [3.63, 3.8) is 0 Å². The first-order valence-corrected chi connectivity index (χ1v) is 17.0. The number of furan rings is 1. The SMILES string of the molecule is C[C@H]1C[C@@H]2CN(C1)C(=O)/C=C/C(=O)NCC[C@@H](C(=O)NCCOCCN)NC(O)Cc1ccccc1CNC(=O)[C@H](Cc1ccco1)NC2=O. The lowest BCUT2D eigenvalue weighted by atomic mass is 9.89. The van der Waals surface area contributed by atoms with Gasteiger partial charge in [-0.1, -0.05) is 31.2 Å². The Morgan fingerprint density at radius 1 is 1.04 bits per heavy atom. The van der Waals surface area contributed by atoms with Gasteiger partial charge in [0.2, 0.25) is 29.5 Å². The van der Waals surface area contributed by atoms with E-state index in [2.05, 4.69) is 26.6 Å². The Hall–Kier alpha value is -4.57. The topological polar surface area (TPSA) is 217 Å². The van der Waals surface area contributed by atoms with E-state index in [0.717, 1.165) is 23.3 Å². The Labute approximate surface area is 291 Å². The van der Waals surface area contributed by atoms with Gasteiger partial charge in [-0.05, 0) is 42.0 Å². The number of benzene rings is 1. The van der Waals surface area contributed by atoms with E-state index in [1.54, 1.807) is 12.1 Å². The minimum absolute atomic E-state index is 0.00299. The molecule has 15 heteroatoms. The number of aliphatic hydroxyl groups is 1. The molecule has 2 bridgehead atoms. The Kier molecular flexibility index (Phi) is 15.0. The van der Waals surface area contributed by atoms with Crippen LogP contribution in [0.3, 0.4) is 0 Å². The number of hydrogen-bond acceptors (Lipinski definition) is 10. The quantitative estimate of drug-likeness (QED) is 0.169. The third-order valence-corrected chi connectivity index (χ3v) is 8.57. The first-order chi connectivity index (χ1) is 24.1. The molecule has 5 amide bonds. The zero-order valence-corrected chi connectivity index (χ0v) is 28.4. The lowest BCUT2D eigenvalue weighted by molar-refractivity contribution is -0.136. The Morgan fingerprint density at radius 2 is 1.84 bits per heavy atom. The highest BCUT2D eigenvalue weighted by atomic mass is 16.5. The van der Waals surface area contributed by atoms with E-state index < -0.39 is 47.9 Å². The fourth-order valence-corrected chi connectivity index (χ4v) is 6.08. The van der Waals surface area contributed by atoms with Crippen molar-refractivity contribution in [2.24, 2.45) is 17.6 Å². The summed E-state index contributed by atoms with van der Waals surface area (Å²) < 4.78 is 10.8. The molecule has 1 aromatic heterocycles. The van der Waals surface area contributed by atoms with Gasteiger partial charge in [-0.3, -0.25) is 29.3 Å². The van der Waals surface area contributed by atoms with Crippen LogP contribution in [0.5, 0.6) is 0 Å². The Balaban J connectivity index is 1.56. The van der Waals surface area contributed by atoms with Gasteiger partial charge in [0, 0.05) is 64.3 Å². The highest BCUT2D eigenvalue weighted by Gasteiger charge is 2.34. The van der Waals surface area contributed by atoms with Crippen LogP contribution in [0.4, 0.5) is 0 Å². The van der Waals surface area contributed by atoms with Crippen LogP contribution in [0.1, 0.15) is 36.7 Å². The molecule has 3 heterocycles. The van der Waals surface area contributed by atoms with Crippen molar-refractivity contribution in [2.75, 3.05) is 45.9 Å². The predicted molar refractivity (Wildman–Crippen MR) is 183 cm³/mol. The summed E-state index contributed by atoms with van der Waals surface area (Å²) in [5, 5.41) is 25.3. The van der Waals surface area contributed by atoms with Crippen molar-refractivity contribution in [3.8, 4) is 0 Å². The van der Waals surface area contributed by atoms with Gasteiger partial charge >= 0.3 is 0 Å². The molecule has 2 aromatic rings. The van der Waals surface area contributed by atoms with Crippen LogP contribution in [0, 0.1) is 11.8 Å². The summed E-state index contributed by atoms with van der Waals surface area (Å²) in [5.74, 6) is -2.19. The number of ether oxygens (including phenoxy) is 1. The summed E-state index contributed by atoms with van der Waals surface area (Å²) in [7, 11) is 0. The van der Waals surface area contributed by atoms with Gasteiger partial charge in [-0.2, -0.15) is 0 Å². The first-order valence-electron chi connectivity index (χ1n) is 17.0. The van der Waals surface area contributed by atoms with E-state index in [4.69, 9.17) is 14.9 Å². The van der Waals surface area contributed by atoms with E-state index in [0.29, 0.717) is 31.9 Å². The number of aliphatic hydroxyl groups excluding tert-OH is 1. The second kappa shape index (κ2) is 19.6. The van der Waals surface area contributed by atoms with Gasteiger partial charge in [-0.25, -0.2) is 0 Å². The minimum atomic E-state index is -1.16. The summed E-state index contributed by atoms with van der Waals surface area (Å²) in [6.07, 6.45) is 3.48. The maximum Gasteiger partial charge on any atom is 0.246 e. The van der Waals surface area contributed by atoms with Crippen LogP contribution in [0.2, 0.25) is 0 Å². The van der Waals surface area contributed by atoms with Crippen molar-refractivity contribution in [2.45, 2.75) is 57.5 Å². The van der Waals surface area contributed by atoms with Gasteiger partial charge in [0.15, 0.2) is 0 Å². The first kappa shape index (κ1) is 38.2. The molecule has 0 aliphatic carbocycles. The second-order valence-electron chi connectivity index (χ2n) is 12.7. The maximum absolute atomic E-state index is 13.6. The number of hydrogen-bond donors (Lipinski definition) is 7. The molecular formula is C35H49N7O8. The third-order valence-electron chi connectivity index (χ3n) is 8.57. The molecule has 2 aliphatic heterocycles. The molecule has 15 nitrogen and oxygen atoms in total. The summed E-state index contributed by atoms with van der Waals surface area (Å²) in [6, 6.07) is 8.85. The number of nitrogens with zero attached hydrogens (tertiary/aromatic N) is 1. The van der Waals surface area contributed by atoms with Gasteiger partial charge in [0.25, 0.3) is 0 Å². The lowest BCUT2D eigenvalue weighted by Gasteiger charge is -2.35. The van der Waals surface area contributed by atoms with Crippen LogP contribution in [0.25, 0.3) is 0 Å². The molecule has 50 heavy (non-hydrogen) atoms. The summed E-state index contributed by atoms with van der Waals surface area (Å²) >= 11 is 0. The number of amides is 5. The van der Waals surface area contributed by atoms with Crippen LogP contribution in [-0.4, -0.2) is 104 Å². The molecule has 1 unspecified atom stereocenters. The number of piperidine rings is 1. The van der Waals surface area contributed by atoms with E-state index >= 15 is 0 Å². The number of carbonyl (C=O) groups excluding carboxylic acids is 5. The maximum atomic E-state index is 13.6. The van der Waals surface area contributed by atoms with Crippen molar-refractivity contribution in [1.82, 2.24) is 31.5 Å². The third kappa shape index (κ3) is 12.1. The summed E-state index contributed by atoms with van der Waals surface area (Å²) in [4.78, 5) is 67.5. The molecule has 272 valence electrons. The van der Waals surface area contributed by atoms with Gasteiger partial charge in [-0.15, -0.1) is 0 Å². The highest BCUT2D eigenvalue weighted by Crippen LogP contribution is 2.23. The molecule has 0 radical (unpaired) electrons. The van der Waals surface area contributed by atoms with Crippen molar-refractivity contribution < 1.29 is 38.2 Å². The summed E-state index contributed by atoms with van der Waals surface area (Å²) in [5.41, 5.74) is 6.91. The zero-order chi connectivity index (χ0) is 35.9. The van der Waals surface area contributed by atoms with Crippen LogP contribution in [0.15, 0.2) is 59.2 Å². The molecule has 1 aromatic carbocycles. The monoisotopic (exact) mass is 695 g/mol. The molecule has 0 saturated carbocycles. The number of rotatable bonds is 8. The van der Waals surface area contributed by atoms with E-state index in [-0.39, 0.29) is 63.9 Å². The molecule has 5 atom stereocenters. The molecule has 8 N–H and O–H groups in total. The largest absolute Gasteiger partial charge is 0.469 e. The van der Waals surface area contributed by atoms with Crippen LogP contribution >= 0.6 is 0 Å². The normalized spacial score (nSPS) is 25.2. The van der Waals surface area contributed by atoms with Gasteiger partial charge in [0.05, 0.1) is 31.4 Å². The minimum Gasteiger partial charge on any atom is -0.469 e. The van der Waals surface area contributed by atoms with E-state index in [1.807, 2.05) is 31.2 Å². The molecule has 2 aliphatic rings. The molecule has 1 saturated heterocycles. The molecule has 0 spiro atoms. The zero-order valence-electron chi connectivity index (χ0n) is 28.4. The predicted octanol–water partition coefficient (Wildman–Crippen LogP) is -0.905. The fourth-order valence-electron chi connectivity index (χ4n) is 6.08. The average molecular weight is 696 g/mol. The van der Waals surface area contributed by atoms with E-state index in [9.17, 15) is 29.1 Å². The van der Waals surface area contributed by atoms with E-state index in [1.165, 1.54) is 11.2 Å². The molecular weight excluding hydrogens is 646 g/mol.